The Morgan fingerprint density at radius 3 is 3.20 bits per heavy atom. The highest BCUT2D eigenvalue weighted by Crippen LogP contribution is 2.22. The van der Waals surface area contributed by atoms with Crippen molar-refractivity contribution in [2.75, 3.05) is 13.1 Å². The zero-order valence-electron chi connectivity index (χ0n) is 9.25. The Morgan fingerprint density at radius 1 is 1.67 bits per heavy atom. The van der Waals surface area contributed by atoms with E-state index in [0.29, 0.717) is 5.54 Å². The van der Waals surface area contributed by atoms with Crippen LogP contribution >= 0.6 is 11.3 Å². The third-order valence-electron chi connectivity index (χ3n) is 3.25. The number of rotatable bonds is 5. The lowest BCUT2D eigenvalue weighted by Gasteiger charge is -2.28. The molecule has 2 rings (SSSR count). The number of hydrogen-bond acceptors (Lipinski definition) is 4. The van der Waals surface area contributed by atoms with Gasteiger partial charge in [-0.25, -0.2) is 0 Å². The molecule has 15 heavy (non-hydrogen) atoms. The van der Waals surface area contributed by atoms with Gasteiger partial charge in [0.05, 0.1) is 5.51 Å². The van der Waals surface area contributed by atoms with E-state index in [1.54, 1.807) is 11.3 Å². The first-order chi connectivity index (χ1) is 7.35. The van der Waals surface area contributed by atoms with Gasteiger partial charge in [-0.1, -0.05) is 6.92 Å². The quantitative estimate of drug-likeness (QED) is 0.802. The fourth-order valence-corrected chi connectivity index (χ4v) is 2.77. The van der Waals surface area contributed by atoms with Crippen LogP contribution < -0.4 is 10.6 Å². The van der Waals surface area contributed by atoms with Crippen LogP contribution in [-0.4, -0.2) is 23.6 Å². The molecule has 0 amide bonds. The molecular formula is C11H19N3S. The second-order valence-electron chi connectivity index (χ2n) is 4.24. The molecule has 0 bridgehead atoms. The van der Waals surface area contributed by atoms with E-state index in [9.17, 15) is 0 Å². The lowest BCUT2D eigenvalue weighted by atomic mass is 9.94. The highest BCUT2D eigenvalue weighted by atomic mass is 32.1. The first-order valence-electron chi connectivity index (χ1n) is 5.68. The van der Waals surface area contributed by atoms with Crippen molar-refractivity contribution in [3.8, 4) is 0 Å². The van der Waals surface area contributed by atoms with Crippen LogP contribution in [0.5, 0.6) is 0 Å². The number of nitrogens with one attached hydrogen (secondary N) is 2. The second-order valence-corrected chi connectivity index (χ2v) is 5.21. The number of hydrogen-bond donors (Lipinski definition) is 2. The van der Waals surface area contributed by atoms with E-state index >= 15 is 0 Å². The van der Waals surface area contributed by atoms with Crippen molar-refractivity contribution in [1.82, 2.24) is 15.6 Å². The van der Waals surface area contributed by atoms with Crippen molar-refractivity contribution < 1.29 is 0 Å². The summed E-state index contributed by atoms with van der Waals surface area (Å²) in [7, 11) is 0. The van der Waals surface area contributed by atoms with Gasteiger partial charge in [-0.3, -0.25) is 4.98 Å². The van der Waals surface area contributed by atoms with E-state index in [1.807, 2.05) is 11.7 Å². The van der Waals surface area contributed by atoms with E-state index < -0.39 is 0 Å². The van der Waals surface area contributed by atoms with Crippen molar-refractivity contribution in [2.45, 2.75) is 38.3 Å². The van der Waals surface area contributed by atoms with Gasteiger partial charge >= 0.3 is 0 Å². The van der Waals surface area contributed by atoms with Crippen molar-refractivity contribution in [3.63, 3.8) is 0 Å². The molecule has 2 heterocycles. The number of nitrogens with zero attached hydrogens (tertiary/aromatic N) is 1. The standard InChI is InChI=1S/C11H19N3S/c1-2-11(4-3-5-14-11)8-12-6-10-7-13-9-15-10/h7,9,12,14H,2-6,8H2,1H3. The van der Waals surface area contributed by atoms with Gasteiger partial charge in [0.15, 0.2) is 0 Å². The fraction of sp³-hybridized carbons (Fsp3) is 0.727. The average molecular weight is 225 g/mol. The molecule has 1 aliphatic heterocycles. The molecule has 0 aromatic carbocycles. The van der Waals surface area contributed by atoms with Gasteiger partial charge in [-0.2, -0.15) is 0 Å². The van der Waals surface area contributed by atoms with Crippen LogP contribution in [0.25, 0.3) is 0 Å². The van der Waals surface area contributed by atoms with Gasteiger partial charge in [0.1, 0.15) is 0 Å². The van der Waals surface area contributed by atoms with Crippen LogP contribution in [0.1, 0.15) is 31.1 Å². The summed E-state index contributed by atoms with van der Waals surface area (Å²) in [5.41, 5.74) is 2.24. The summed E-state index contributed by atoms with van der Waals surface area (Å²) in [5, 5.41) is 7.15. The van der Waals surface area contributed by atoms with Gasteiger partial charge in [-0.05, 0) is 25.8 Å². The first kappa shape index (κ1) is 11.0. The summed E-state index contributed by atoms with van der Waals surface area (Å²) < 4.78 is 0. The summed E-state index contributed by atoms with van der Waals surface area (Å²) in [4.78, 5) is 5.39. The van der Waals surface area contributed by atoms with Crippen LogP contribution in [0.3, 0.4) is 0 Å². The number of aromatic nitrogens is 1. The van der Waals surface area contributed by atoms with E-state index in [-0.39, 0.29) is 0 Å². The predicted molar refractivity (Wildman–Crippen MR) is 64.1 cm³/mol. The largest absolute Gasteiger partial charge is 0.310 e. The molecule has 0 aliphatic carbocycles. The molecule has 2 N–H and O–H groups in total. The third-order valence-corrected chi connectivity index (χ3v) is 4.03. The summed E-state index contributed by atoms with van der Waals surface area (Å²) in [5.74, 6) is 0. The summed E-state index contributed by atoms with van der Waals surface area (Å²) >= 11 is 1.72. The van der Waals surface area contributed by atoms with Crippen LogP contribution in [0.15, 0.2) is 11.7 Å². The van der Waals surface area contributed by atoms with Gasteiger partial charge in [-0.15, -0.1) is 11.3 Å². The van der Waals surface area contributed by atoms with Gasteiger partial charge < -0.3 is 10.6 Å². The van der Waals surface area contributed by atoms with Gasteiger partial charge in [0.25, 0.3) is 0 Å². The smallest absolute Gasteiger partial charge is 0.0794 e. The first-order valence-corrected chi connectivity index (χ1v) is 6.56. The van der Waals surface area contributed by atoms with Crippen LogP contribution in [-0.2, 0) is 6.54 Å². The summed E-state index contributed by atoms with van der Waals surface area (Å²) in [6, 6.07) is 0. The van der Waals surface area contributed by atoms with Crippen molar-refractivity contribution >= 4 is 11.3 Å². The molecule has 1 fully saturated rings. The molecule has 1 aliphatic rings. The van der Waals surface area contributed by atoms with E-state index in [2.05, 4.69) is 22.5 Å². The molecule has 1 aromatic rings. The Bertz CT molecular complexity index is 278. The van der Waals surface area contributed by atoms with Crippen molar-refractivity contribution in [3.05, 3.63) is 16.6 Å². The molecule has 1 atom stereocenters. The molecule has 0 spiro atoms. The topological polar surface area (TPSA) is 37.0 Å². The minimum atomic E-state index is 0.352. The molecule has 3 nitrogen and oxygen atoms in total. The third kappa shape index (κ3) is 2.77. The fourth-order valence-electron chi connectivity index (χ4n) is 2.20. The Morgan fingerprint density at radius 2 is 2.60 bits per heavy atom. The normalized spacial score (nSPS) is 25.9. The highest BCUT2D eigenvalue weighted by Gasteiger charge is 2.30. The highest BCUT2D eigenvalue weighted by molar-refractivity contribution is 7.09. The Kier molecular flexibility index (Phi) is 3.72. The van der Waals surface area contributed by atoms with Crippen molar-refractivity contribution in [2.24, 2.45) is 0 Å². The molecular weight excluding hydrogens is 206 g/mol. The van der Waals surface area contributed by atoms with E-state index in [4.69, 9.17) is 0 Å². The maximum Gasteiger partial charge on any atom is 0.0794 e. The van der Waals surface area contributed by atoms with Crippen LogP contribution in [0.2, 0.25) is 0 Å². The molecule has 1 saturated heterocycles. The molecule has 1 unspecified atom stereocenters. The lowest BCUT2D eigenvalue weighted by Crippen LogP contribution is -2.47. The monoisotopic (exact) mass is 225 g/mol. The molecule has 0 saturated carbocycles. The van der Waals surface area contributed by atoms with Crippen molar-refractivity contribution in [1.29, 1.82) is 0 Å². The Labute approximate surface area is 95.3 Å². The van der Waals surface area contributed by atoms with Crippen LogP contribution in [0, 0.1) is 0 Å². The SMILES string of the molecule is CCC1(CNCc2cncs2)CCCN1. The van der Waals surface area contributed by atoms with Gasteiger partial charge in [0, 0.05) is 29.7 Å². The van der Waals surface area contributed by atoms with Crippen LogP contribution in [0.4, 0.5) is 0 Å². The zero-order chi connectivity index (χ0) is 10.6. The lowest BCUT2D eigenvalue weighted by molar-refractivity contribution is 0.340. The van der Waals surface area contributed by atoms with Gasteiger partial charge in [0.2, 0.25) is 0 Å². The van der Waals surface area contributed by atoms with E-state index in [1.165, 1.54) is 30.7 Å². The maximum absolute atomic E-state index is 4.07. The molecule has 1 aromatic heterocycles. The average Bonchev–Trinajstić information content (AvgIpc) is 2.89. The minimum absolute atomic E-state index is 0.352. The maximum atomic E-state index is 4.07. The minimum Gasteiger partial charge on any atom is -0.310 e. The molecule has 84 valence electrons. The molecule has 4 heteroatoms. The second kappa shape index (κ2) is 5.05. The predicted octanol–water partition coefficient (Wildman–Crippen LogP) is 1.76. The summed E-state index contributed by atoms with van der Waals surface area (Å²) in [6.07, 6.45) is 5.77. The molecule has 0 radical (unpaired) electrons. The number of thiazole rings is 1. The Hall–Kier alpha value is -0.450. The van der Waals surface area contributed by atoms with E-state index in [0.717, 1.165) is 13.1 Å². The summed E-state index contributed by atoms with van der Waals surface area (Å²) in [6.45, 7) is 5.47. The zero-order valence-corrected chi connectivity index (χ0v) is 10.1. The Balaban J connectivity index is 1.77.